The molecule has 0 radical (unpaired) electrons. The molecule has 0 aromatic carbocycles. The van der Waals surface area contributed by atoms with Crippen LogP contribution in [0.25, 0.3) is 0 Å². The minimum atomic E-state index is -4.44. The second kappa shape index (κ2) is 4.57. The van der Waals surface area contributed by atoms with E-state index in [4.69, 9.17) is 5.73 Å². The van der Waals surface area contributed by atoms with Gasteiger partial charge >= 0.3 is 6.18 Å². The van der Waals surface area contributed by atoms with Crippen LogP contribution in [0.5, 0.6) is 0 Å². The van der Waals surface area contributed by atoms with Gasteiger partial charge in [-0.05, 0) is 25.1 Å². The lowest BCUT2D eigenvalue weighted by Crippen LogP contribution is -2.08. The molecule has 1 aromatic rings. The molecule has 1 heterocycles. The molecule has 84 valence electrons. The SMILES string of the molecule is NCCC(F)c1ccc(C(F)(F)F)cn1. The monoisotopic (exact) mass is 222 g/mol. The minimum Gasteiger partial charge on any atom is -0.330 e. The molecule has 2 N–H and O–H groups in total. The van der Waals surface area contributed by atoms with Crippen molar-refractivity contribution in [3.8, 4) is 0 Å². The van der Waals surface area contributed by atoms with Gasteiger partial charge in [-0.1, -0.05) is 0 Å². The zero-order chi connectivity index (χ0) is 11.5. The lowest BCUT2D eigenvalue weighted by atomic mass is 10.1. The minimum absolute atomic E-state index is 0.0200. The molecule has 0 saturated heterocycles. The second-order valence-electron chi connectivity index (χ2n) is 3.01. The number of nitrogens with two attached hydrogens (primary N) is 1. The number of aromatic nitrogens is 1. The third kappa shape index (κ3) is 3.16. The maximum Gasteiger partial charge on any atom is 0.417 e. The Morgan fingerprint density at radius 2 is 2.00 bits per heavy atom. The summed E-state index contributed by atoms with van der Waals surface area (Å²) in [6.45, 7) is 0.129. The summed E-state index contributed by atoms with van der Waals surface area (Å²) >= 11 is 0. The zero-order valence-electron chi connectivity index (χ0n) is 7.76. The predicted octanol–water partition coefficient (Wildman–Crippen LogP) is 2.46. The van der Waals surface area contributed by atoms with Crippen molar-refractivity contribution < 1.29 is 17.6 Å². The third-order valence-corrected chi connectivity index (χ3v) is 1.85. The lowest BCUT2D eigenvalue weighted by Gasteiger charge is -2.08. The van der Waals surface area contributed by atoms with Gasteiger partial charge in [0.15, 0.2) is 0 Å². The highest BCUT2D eigenvalue weighted by Gasteiger charge is 2.30. The number of nitrogens with zero attached hydrogens (tertiary/aromatic N) is 1. The van der Waals surface area contributed by atoms with E-state index >= 15 is 0 Å². The normalized spacial score (nSPS) is 13.9. The van der Waals surface area contributed by atoms with E-state index in [2.05, 4.69) is 4.98 Å². The number of pyridine rings is 1. The van der Waals surface area contributed by atoms with E-state index in [1.807, 2.05) is 0 Å². The first kappa shape index (κ1) is 11.9. The van der Waals surface area contributed by atoms with Crippen molar-refractivity contribution >= 4 is 0 Å². The van der Waals surface area contributed by atoms with Crippen LogP contribution in [-0.2, 0) is 6.18 Å². The van der Waals surface area contributed by atoms with Gasteiger partial charge in [-0.3, -0.25) is 4.98 Å². The van der Waals surface area contributed by atoms with Gasteiger partial charge in [0.2, 0.25) is 0 Å². The van der Waals surface area contributed by atoms with Gasteiger partial charge < -0.3 is 5.73 Å². The molecule has 0 spiro atoms. The molecule has 0 aliphatic carbocycles. The first-order valence-corrected chi connectivity index (χ1v) is 4.32. The van der Waals surface area contributed by atoms with Crippen molar-refractivity contribution in [2.75, 3.05) is 6.54 Å². The van der Waals surface area contributed by atoms with Crippen LogP contribution < -0.4 is 5.73 Å². The summed E-state index contributed by atoms with van der Waals surface area (Å²) in [6, 6.07) is 1.84. The second-order valence-corrected chi connectivity index (χ2v) is 3.01. The number of alkyl halides is 4. The molecule has 0 bridgehead atoms. The van der Waals surface area contributed by atoms with Gasteiger partial charge in [-0.2, -0.15) is 13.2 Å². The van der Waals surface area contributed by atoms with E-state index in [1.54, 1.807) is 0 Å². The number of rotatable bonds is 3. The molecule has 1 rings (SSSR count). The van der Waals surface area contributed by atoms with Crippen LogP contribution in [0.4, 0.5) is 17.6 Å². The fourth-order valence-corrected chi connectivity index (χ4v) is 1.05. The fraction of sp³-hybridized carbons (Fsp3) is 0.444. The highest BCUT2D eigenvalue weighted by molar-refractivity contribution is 5.18. The molecule has 1 unspecified atom stereocenters. The Morgan fingerprint density at radius 3 is 2.40 bits per heavy atom. The first-order valence-electron chi connectivity index (χ1n) is 4.32. The maximum atomic E-state index is 13.1. The quantitative estimate of drug-likeness (QED) is 0.798. The van der Waals surface area contributed by atoms with E-state index in [-0.39, 0.29) is 18.7 Å². The molecule has 6 heteroatoms. The van der Waals surface area contributed by atoms with Crippen LogP contribution in [0.15, 0.2) is 18.3 Å². The number of hydrogen-bond acceptors (Lipinski definition) is 2. The Labute approximate surface area is 84.1 Å². The van der Waals surface area contributed by atoms with Crippen LogP contribution in [0.2, 0.25) is 0 Å². The topological polar surface area (TPSA) is 38.9 Å². The molecule has 1 atom stereocenters. The van der Waals surface area contributed by atoms with Crippen LogP contribution >= 0.6 is 0 Å². The highest BCUT2D eigenvalue weighted by atomic mass is 19.4. The van der Waals surface area contributed by atoms with Gasteiger partial charge in [0, 0.05) is 6.20 Å². The van der Waals surface area contributed by atoms with Gasteiger partial charge in [0.25, 0.3) is 0 Å². The molecule has 0 aliphatic rings. The Morgan fingerprint density at radius 1 is 1.33 bits per heavy atom. The third-order valence-electron chi connectivity index (χ3n) is 1.85. The molecule has 15 heavy (non-hydrogen) atoms. The standard InChI is InChI=1S/C9H10F4N2/c10-7(3-4-14)8-2-1-6(5-15-8)9(11,12)13/h1-2,5,7H,3-4,14H2. The summed E-state index contributed by atoms with van der Waals surface area (Å²) < 4.78 is 49.5. The summed E-state index contributed by atoms with van der Waals surface area (Å²) in [5, 5.41) is 0. The van der Waals surface area contributed by atoms with E-state index < -0.39 is 17.9 Å². The molecular weight excluding hydrogens is 212 g/mol. The Hall–Kier alpha value is -1.17. The molecule has 0 amide bonds. The summed E-state index contributed by atoms with van der Waals surface area (Å²) in [4.78, 5) is 3.41. The largest absolute Gasteiger partial charge is 0.417 e. The van der Waals surface area contributed by atoms with Crippen LogP contribution in [0.1, 0.15) is 23.8 Å². The van der Waals surface area contributed by atoms with Crippen LogP contribution in [0.3, 0.4) is 0 Å². The van der Waals surface area contributed by atoms with Crippen molar-refractivity contribution in [1.29, 1.82) is 0 Å². The molecule has 2 nitrogen and oxygen atoms in total. The molecule has 1 aromatic heterocycles. The smallest absolute Gasteiger partial charge is 0.330 e. The van der Waals surface area contributed by atoms with E-state index in [0.29, 0.717) is 6.20 Å². The molecule has 0 saturated carbocycles. The molecule has 0 fully saturated rings. The lowest BCUT2D eigenvalue weighted by molar-refractivity contribution is -0.137. The van der Waals surface area contributed by atoms with Gasteiger partial charge in [0.1, 0.15) is 6.17 Å². The average Bonchev–Trinajstić information content (AvgIpc) is 2.17. The maximum absolute atomic E-state index is 13.1. The Kier molecular flexibility index (Phi) is 3.62. The van der Waals surface area contributed by atoms with Crippen LogP contribution in [-0.4, -0.2) is 11.5 Å². The number of hydrogen-bond donors (Lipinski definition) is 1. The van der Waals surface area contributed by atoms with Gasteiger partial charge in [-0.15, -0.1) is 0 Å². The summed E-state index contributed by atoms with van der Waals surface area (Å²) in [7, 11) is 0. The predicted molar refractivity (Wildman–Crippen MR) is 46.8 cm³/mol. The summed E-state index contributed by atoms with van der Waals surface area (Å²) in [6.07, 6.45) is -5.17. The Bertz CT molecular complexity index is 307. The summed E-state index contributed by atoms with van der Waals surface area (Å²) in [5.41, 5.74) is 4.22. The van der Waals surface area contributed by atoms with E-state index in [0.717, 1.165) is 12.1 Å². The molecular formula is C9H10F4N2. The van der Waals surface area contributed by atoms with Crippen molar-refractivity contribution in [2.24, 2.45) is 5.73 Å². The van der Waals surface area contributed by atoms with E-state index in [1.165, 1.54) is 0 Å². The van der Waals surface area contributed by atoms with Gasteiger partial charge in [-0.25, -0.2) is 4.39 Å². The molecule has 0 aliphatic heterocycles. The van der Waals surface area contributed by atoms with Crippen LogP contribution in [0, 0.1) is 0 Å². The Balaban J connectivity index is 2.81. The van der Waals surface area contributed by atoms with Crippen molar-refractivity contribution in [3.05, 3.63) is 29.6 Å². The number of halogens is 4. The average molecular weight is 222 g/mol. The summed E-state index contributed by atoms with van der Waals surface area (Å²) in [5.74, 6) is 0. The fourth-order valence-electron chi connectivity index (χ4n) is 1.05. The zero-order valence-corrected chi connectivity index (χ0v) is 7.76. The van der Waals surface area contributed by atoms with Crippen molar-refractivity contribution in [2.45, 2.75) is 18.8 Å². The highest BCUT2D eigenvalue weighted by Crippen LogP contribution is 2.29. The van der Waals surface area contributed by atoms with Crippen molar-refractivity contribution in [1.82, 2.24) is 4.98 Å². The van der Waals surface area contributed by atoms with Gasteiger partial charge in [0.05, 0.1) is 11.3 Å². The first-order chi connectivity index (χ1) is 6.95. The van der Waals surface area contributed by atoms with E-state index in [9.17, 15) is 17.6 Å². The van der Waals surface area contributed by atoms with Crippen molar-refractivity contribution in [3.63, 3.8) is 0 Å².